The van der Waals surface area contributed by atoms with Crippen LogP contribution in [-0.2, 0) is 21.3 Å². The minimum absolute atomic E-state index is 0.178. The van der Waals surface area contributed by atoms with Crippen LogP contribution in [0.3, 0.4) is 0 Å². The highest BCUT2D eigenvalue weighted by Crippen LogP contribution is 2.23. The third-order valence-corrected chi connectivity index (χ3v) is 4.68. The van der Waals surface area contributed by atoms with Gasteiger partial charge in [-0.25, -0.2) is 0 Å². The molecule has 1 N–H and O–H groups in total. The monoisotopic (exact) mass is 322 g/mol. The molecular formula is C15H18N2O4S. The van der Waals surface area contributed by atoms with Crippen molar-refractivity contribution >= 4 is 22.4 Å². The summed E-state index contributed by atoms with van der Waals surface area (Å²) in [5.74, 6) is 1.06. The van der Waals surface area contributed by atoms with E-state index >= 15 is 0 Å². The fourth-order valence-electron chi connectivity index (χ4n) is 1.86. The Morgan fingerprint density at radius 2 is 2.18 bits per heavy atom. The van der Waals surface area contributed by atoms with Crippen molar-refractivity contribution in [3.05, 3.63) is 41.8 Å². The molecule has 22 heavy (non-hydrogen) atoms. The summed E-state index contributed by atoms with van der Waals surface area (Å²) in [4.78, 5) is 12.2. The minimum Gasteiger partial charge on any atom is -0.495 e. The highest BCUT2D eigenvalue weighted by molar-refractivity contribution is 7.85. The minimum atomic E-state index is -1.39. The van der Waals surface area contributed by atoms with Crippen LogP contribution in [0.15, 0.2) is 34.9 Å². The SMILES string of the molecule is COc1ccccc1NC(=O)[C@H](C)[S@@](=O)Cc1cc(C)on1. The Hall–Kier alpha value is -2.15. The third kappa shape index (κ3) is 3.94. The predicted octanol–water partition coefficient (Wildman–Crippen LogP) is 2.27. The van der Waals surface area contributed by atoms with Crippen LogP contribution in [0, 0.1) is 6.92 Å². The van der Waals surface area contributed by atoms with Crippen molar-refractivity contribution in [2.75, 3.05) is 12.4 Å². The number of hydrogen-bond acceptors (Lipinski definition) is 5. The molecule has 0 aliphatic rings. The normalized spacial score (nSPS) is 13.4. The molecule has 0 aliphatic heterocycles. The first-order chi connectivity index (χ1) is 10.5. The topological polar surface area (TPSA) is 81.4 Å². The molecule has 2 rings (SSSR count). The number of amides is 1. The van der Waals surface area contributed by atoms with Gasteiger partial charge in [-0.1, -0.05) is 17.3 Å². The number of carbonyl (C=O) groups is 1. The molecule has 118 valence electrons. The number of aryl methyl sites for hydroxylation is 1. The molecular weight excluding hydrogens is 304 g/mol. The number of carbonyl (C=O) groups excluding carboxylic acids is 1. The predicted molar refractivity (Wildman–Crippen MR) is 84.2 cm³/mol. The molecule has 0 saturated carbocycles. The molecule has 2 aromatic rings. The first-order valence-electron chi connectivity index (χ1n) is 6.74. The van der Waals surface area contributed by atoms with Crippen LogP contribution in [0.1, 0.15) is 18.4 Å². The largest absolute Gasteiger partial charge is 0.495 e. The van der Waals surface area contributed by atoms with Gasteiger partial charge in [0.05, 0.1) is 24.2 Å². The number of para-hydroxylation sites is 2. The van der Waals surface area contributed by atoms with Gasteiger partial charge in [0.25, 0.3) is 0 Å². The number of aromatic nitrogens is 1. The highest BCUT2D eigenvalue weighted by atomic mass is 32.2. The number of rotatable bonds is 6. The second-order valence-electron chi connectivity index (χ2n) is 4.79. The van der Waals surface area contributed by atoms with E-state index in [1.807, 2.05) is 6.07 Å². The van der Waals surface area contributed by atoms with Gasteiger partial charge in [0, 0.05) is 16.9 Å². The van der Waals surface area contributed by atoms with E-state index < -0.39 is 16.0 Å². The Labute approximate surface area is 131 Å². The lowest BCUT2D eigenvalue weighted by atomic mass is 10.3. The van der Waals surface area contributed by atoms with Gasteiger partial charge >= 0.3 is 0 Å². The van der Waals surface area contributed by atoms with E-state index in [4.69, 9.17) is 9.26 Å². The summed E-state index contributed by atoms with van der Waals surface area (Å²) in [6.45, 7) is 3.38. The maximum Gasteiger partial charge on any atom is 0.239 e. The Morgan fingerprint density at radius 1 is 1.45 bits per heavy atom. The summed E-state index contributed by atoms with van der Waals surface area (Å²) < 4.78 is 22.3. The number of benzene rings is 1. The standard InChI is InChI=1S/C15H18N2O4S/c1-10-8-12(17-21-10)9-22(19)11(2)15(18)16-13-6-4-5-7-14(13)20-3/h4-8,11H,9H2,1-3H3,(H,16,18)/t11-,22-/m0/s1. The van der Waals surface area contributed by atoms with Gasteiger partial charge in [-0.05, 0) is 26.0 Å². The molecule has 1 aromatic carbocycles. The van der Waals surface area contributed by atoms with Crippen LogP contribution in [0.4, 0.5) is 5.69 Å². The van der Waals surface area contributed by atoms with Crippen molar-refractivity contribution in [3.8, 4) is 5.75 Å². The molecule has 0 fully saturated rings. The van der Waals surface area contributed by atoms with Gasteiger partial charge in [0.2, 0.25) is 5.91 Å². The Kier molecular flexibility index (Phi) is 5.32. The molecule has 1 amide bonds. The van der Waals surface area contributed by atoms with E-state index in [1.165, 1.54) is 7.11 Å². The van der Waals surface area contributed by atoms with Crippen LogP contribution >= 0.6 is 0 Å². The molecule has 6 nitrogen and oxygen atoms in total. The quantitative estimate of drug-likeness (QED) is 0.882. The molecule has 0 saturated heterocycles. The number of anilines is 1. The van der Waals surface area contributed by atoms with Gasteiger partial charge in [-0.3, -0.25) is 9.00 Å². The zero-order chi connectivity index (χ0) is 16.1. The Bertz CT molecular complexity index is 684. The van der Waals surface area contributed by atoms with E-state index in [9.17, 15) is 9.00 Å². The van der Waals surface area contributed by atoms with Crippen molar-refractivity contribution in [3.63, 3.8) is 0 Å². The van der Waals surface area contributed by atoms with Gasteiger partial charge in [-0.15, -0.1) is 0 Å². The van der Waals surface area contributed by atoms with Crippen molar-refractivity contribution in [1.29, 1.82) is 0 Å². The number of nitrogens with zero attached hydrogens (tertiary/aromatic N) is 1. The summed E-state index contributed by atoms with van der Waals surface area (Å²) in [6.07, 6.45) is 0. The summed E-state index contributed by atoms with van der Waals surface area (Å²) in [5.41, 5.74) is 1.13. The van der Waals surface area contributed by atoms with E-state index in [-0.39, 0.29) is 11.7 Å². The average Bonchev–Trinajstić information content (AvgIpc) is 2.92. The number of methoxy groups -OCH3 is 1. The van der Waals surface area contributed by atoms with Gasteiger partial charge in [-0.2, -0.15) is 0 Å². The second kappa shape index (κ2) is 7.22. The molecule has 7 heteroatoms. The fraction of sp³-hybridized carbons (Fsp3) is 0.333. The highest BCUT2D eigenvalue weighted by Gasteiger charge is 2.22. The molecule has 0 aliphatic carbocycles. The lowest BCUT2D eigenvalue weighted by Gasteiger charge is -2.13. The summed E-state index contributed by atoms with van der Waals surface area (Å²) in [7, 11) is 0.137. The maximum absolute atomic E-state index is 12.2. The van der Waals surface area contributed by atoms with Gasteiger partial charge in [0.1, 0.15) is 16.8 Å². The zero-order valence-corrected chi connectivity index (χ0v) is 13.5. The molecule has 0 radical (unpaired) electrons. The molecule has 0 spiro atoms. The number of nitrogens with one attached hydrogen (secondary N) is 1. The fourth-order valence-corrected chi connectivity index (χ4v) is 2.83. The maximum atomic E-state index is 12.2. The van der Waals surface area contributed by atoms with E-state index in [0.717, 1.165) is 0 Å². The smallest absolute Gasteiger partial charge is 0.239 e. The van der Waals surface area contributed by atoms with Gasteiger partial charge in [0.15, 0.2) is 0 Å². The van der Waals surface area contributed by atoms with Crippen molar-refractivity contribution < 1.29 is 18.3 Å². The molecule has 0 bridgehead atoms. The number of hydrogen-bond donors (Lipinski definition) is 1. The summed E-state index contributed by atoms with van der Waals surface area (Å²) in [5, 5.41) is 5.84. The van der Waals surface area contributed by atoms with E-state index in [1.54, 1.807) is 38.1 Å². The summed E-state index contributed by atoms with van der Waals surface area (Å²) >= 11 is 0. The third-order valence-electron chi connectivity index (χ3n) is 3.10. The van der Waals surface area contributed by atoms with Crippen LogP contribution in [0.5, 0.6) is 5.75 Å². The molecule has 1 heterocycles. The second-order valence-corrected chi connectivity index (χ2v) is 6.54. The lowest BCUT2D eigenvalue weighted by Crippen LogP contribution is -2.30. The van der Waals surface area contributed by atoms with Crippen molar-refractivity contribution in [2.45, 2.75) is 24.9 Å². The Morgan fingerprint density at radius 3 is 2.82 bits per heavy atom. The zero-order valence-electron chi connectivity index (χ0n) is 12.7. The molecule has 1 aromatic heterocycles. The van der Waals surface area contributed by atoms with Crippen LogP contribution in [0.25, 0.3) is 0 Å². The van der Waals surface area contributed by atoms with Crippen LogP contribution < -0.4 is 10.1 Å². The number of ether oxygens (including phenoxy) is 1. The van der Waals surface area contributed by atoms with E-state index in [0.29, 0.717) is 22.9 Å². The van der Waals surface area contributed by atoms with Gasteiger partial charge < -0.3 is 14.6 Å². The molecule has 2 atom stereocenters. The summed E-state index contributed by atoms with van der Waals surface area (Å²) in [6, 6.07) is 8.78. The lowest BCUT2D eigenvalue weighted by molar-refractivity contribution is -0.115. The van der Waals surface area contributed by atoms with Crippen LogP contribution in [0.2, 0.25) is 0 Å². The van der Waals surface area contributed by atoms with Crippen LogP contribution in [-0.4, -0.2) is 27.6 Å². The van der Waals surface area contributed by atoms with Crippen molar-refractivity contribution in [2.24, 2.45) is 0 Å². The van der Waals surface area contributed by atoms with Crippen molar-refractivity contribution in [1.82, 2.24) is 5.16 Å². The first kappa shape index (κ1) is 16.2. The average molecular weight is 322 g/mol. The first-order valence-corrected chi connectivity index (χ1v) is 8.12. The molecule has 0 unspecified atom stereocenters. The van der Waals surface area contributed by atoms with E-state index in [2.05, 4.69) is 10.5 Å². The Balaban J connectivity index is 2.00.